The number of nitrogens with zero attached hydrogens (tertiary/aromatic N) is 2. The number of hydrazine groups is 1. The Hall–Kier alpha value is -4.36. The molecular formula is C27H22N4O6S2. The molecular weight excluding hydrogens is 540 g/mol. The lowest BCUT2D eigenvalue weighted by Gasteiger charge is -2.14. The summed E-state index contributed by atoms with van der Waals surface area (Å²) in [6.07, 6.45) is 0. The molecule has 0 radical (unpaired) electrons. The van der Waals surface area contributed by atoms with E-state index in [4.69, 9.17) is 0 Å². The Labute approximate surface area is 224 Å². The summed E-state index contributed by atoms with van der Waals surface area (Å²) in [5, 5.41) is 11.3. The summed E-state index contributed by atoms with van der Waals surface area (Å²) in [5.74, 6) is 0. The van der Waals surface area contributed by atoms with Crippen LogP contribution in [0.25, 0.3) is 21.5 Å². The molecule has 12 heteroatoms. The first-order valence-corrected chi connectivity index (χ1v) is 14.4. The second-order valence-electron chi connectivity index (χ2n) is 8.69. The zero-order valence-electron chi connectivity index (χ0n) is 20.4. The van der Waals surface area contributed by atoms with Gasteiger partial charge in [0.05, 0.1) is 27.6 Å². The standard InChI is InChI=1S/C27H22N4O6S2/c1-17-12-13-25(22-10-5-11-26(27(17)22)39(35,36)37)31-30-24-15-14-23(20-8-2-3-9-21(20)24)29-28-18-6-4-7-19(16-18)38(32,33)34/h2-16,28-29H,1H3,(H,32,33,34)(H,35,36,37). The van der Waals surface area contributed by atoms with Crippen LogP contribution in [-0.4, -0.2) is 25.9 Å². The topological polar surface area (TPSA) is 158 Å². The van der Waals surface area contributed by atoms with Crippen molar-refractivity contribution in [1.82, 2.24) is 0 Å². The van der Waals surface area contributed by atoms with Crippen molar-refractivity contribution in [2.45, 2.75) is 16.7 Å². The van der Waals surface area contributed by atoms with Crippen molar-refractivity contribution in [3.05, 3.63) is 96.6 Å². The molecule has 5 aromatic rings. The number of anilines is 2. The van der Waals surface area contributed by atoms with Crippen LogP contribution in [0.4, 0.5) is 22.7 Å². The molecule has 0 atom stereocenters. The molecule has 0 aromatic heterocycles. The Kier molecular flexibility index (Phi) is 6.78. The minimum absolute atomic E-state index is 0.190. The van der Waals surface area contributed by atoms with E-state index in [9.17, 15) is 25.9 Å². The van der Waals surface area contributed by atoms with Crippen LogP contribution in [-0.2, 0) is 20.2 Å². The van der Waals surface area contributed by atoms with Gasteiger partial charge in [-0.15, -0.1) is 10.2 Å². The molecule has 198 valence electrons. The number of nitrogens with one attached hydrogen (secondary N) is 2. The molecule has 0 unspecified atom stereocenters. The second-order valence-corrected chi connectivity index (χ2v) is 11.5. The molecule has 5 rings (SSSR count). The average molecular weight is 563 g/mol. The third-order valence-corrected chi connectivity index (χ3v) is 7.85. The fraction of sp³-hybridized carbons (Fsp3) is 0.0370. The summed E-state index contributed by atoms with van der Waals surface area (Å²) in [6.45, 7) is 1.75. The summed E-state index contributed by atoms with van der Waals surface area (Å²) >= 11 is 0. The smallest absolute Gasteiger partial charge is 0.295 e. The van der Waals surface area contributed by atoms with E-state index in [1.54, 1.807) is 49.4 Å². The average Bonchev–Trinajstić information content (AvgIpc) is 2.91. The molecule has 0 saturated heterocycles. The van der Waals surface area contributed by atoms with Gasteiger partial charge in [0, 0.05) is 21.5 Å². The Morgan fingerprint density at radius 2 is 1.28 bits per heavy atom. The van der Waals surface area contributed by atoms with E-state index >= 15 is 0 Å². The Morgan fingerprint density at radius 3 is 2.00 bits per heavy atom. The van der Waals surface area contributed by atoms with Crippen molar-refractivity contribution in [2.24, 2.45) is 10.2 Å². The maximum atomic E-state index is 11.9. The van der Waals surface area contributed by atoms with Crippen LogP contribution in [0.3, 0.4) is 0 Å². The van der Waals surface area contributed by atoms with Crippen LogP contribution in [0.5, 0.6) is 0 Å². The van der Waals surface area contributed by atoms with Crippen LogP contribution in [0.1, 0.15) is 5.56 Å². The maximum absolute atomic E-state index is 11.9. The van der Waals surface area contributed by atoms with Crippen LogP contribution in [0, 0.1) is 6.92 Å². The molecule has 0 saturated carbocycles. The predicted octanol–water partition coefficient (Wildman–Crippen LogP) is 6.65. The SMILES string of the molecule is Cc1ccc(N=Nc2ccc(NNc3cccc(S(=O)(=O)O)c3)c3ccccc23)c2cccc(S(=O)(=O)O)c12. The van der Waals surface area contributed by atoms with Gasteiger partial charge in [-0.2, -0.15) is 16.8 Å². The fourth-order valence-electron chi connectivity index (χ4n) is 4.29. The van der Waals surface area contributed by atoms with Crippen molar-refractivity contribution in [2.75, 3.05) is 10.9 Å². The summed E-state index contributed by atoms with van der Waals surface area (Å²) in [6, 6.07) is 24.8. The highest BCUT2D eigenvalue weighted by atomic mass is 32.2. The number of aryl methyl sites for hydroxylation is 1. The Morgan fingerprint density at radius 1 is 0.641 bits per heavy atom. The Bertz CT molecular complexity index is 1990. The zero-order valence-corrected chi connectivity index (χ0v) is 22.0. The molecule has 0 bridgehead atoms. The molecule has 0 amide bonds. The fourth-order valence-corrected chi connectivity index (χ4v) is 5.60. The molecule has 4 N–H and O–H groups in total. The highest BCUT2D eigenvalue weighted by molar-refractivity contribution is 7.86. The van der Waals surface area contributed by atoms with Crippen molar-refractivity contribution in [3.63, 3.8) is 0 Å². The number of hydrogen-bond donors (Lipinski definition) is 4. The highest BCUT2D eigenvalue weighted by Gasteiger charge is 2.17. The van der Waals surface area contributed by atoms with Gasteiger partial charge in [-0.1, -0.05) is 48.5 Å². The lowest BCUT2D eigenvalue weighted by Crippen LogP contribution is -2.09. The van der Waals surface area contributed by atoms with E-state index < -0.39 is 20.2 Å². The quantitative estimate of drug-likeness (QED) is 0.0975. The van der Waals surface area contributed by atoms with E-state index in [1.807, 2.05) is 24.3 Å². The van der Waals surface area contributed by atoms with E-state index in [0.717, 1.165) is 10.8 Å². The molecule has 0 aliphatic carbocycles. The lowest BCUT2D eigenvalue weighted by atomic mass is 10.0. The molecule has 10 nitrogen and oxygen atoms in total. The predicted molar refractivity (Wildman–Crippen MR) is 150 cm³/mol. The van der Waals surface area contributed by atoms with Crippen LogP contribution < -0.4 is 10.9 Å². The van der Waals surface area contributed by atoms with Crippen molar-refractivity contribution >= 4 is 64.5 Å². The van der Waals surface area contributed by atoms with E-state index in [2.05, 4.69) is 21.1 Å². The zero-order chi connectivity index (χ0) is 27.8. The molecule has 5 aromatic carbocycles. The van der Waals surface area contributed by atoms with Gasteiger partial charge < -0.3 is 10.9 Å². The summed E-state index contributed by atoms with van der Waals surface area (Å²) in [4.78, 5) is -0.424. The van der Waals surface area contributed by atoms with Crippen LogP contribution in [0.15, 0.2) is 111 Å². The van der Waals surface area contributed by atoms with Gasteiger partial charge in [0.25, 0.3) is 20.2 Å². The number of hydrogen-bond acceptors (Lipinski definition) is 8. The van der Waals surface area contributed by atoms with Gasteiger partial charge in [-0.25, -0.2) is 0 Å². The van der Waals surface area contributed by atoms with Crippen molar-refractivity contribution in [1.29, 1.82) is 0 Å². The normalized spacial score (nSPS) is 12.3. The molecule has 0 fully saturated rings. The highest BCUT2D eigenvalue weighted by Crippen LogP contribution is 2.36. The monoisotopic (exact) mass is 562 g/mol. The summed E-state index contributed by atoms with van der Waals surface area (Å²) in [7, 11) is -8.77. The molecule has 0 heterocycles. The van der Waals surface area contributed by atoms with Gasteiger partial charge in [-0.05, 0) is 55.0 Å². The largest absolute Gasteiger partial charge is 0.301 e. The maximum Gasteiger partial charge on any atom is 0.295 e. The van der Waals surface area contributed by atoms with Gasteiger partial charge in [0.15, 0.2) is 0 Å². The van der Waals surface area contributed by atoms with Crippen LogP contribution in [0.2, 0.25) is 0 Å². The number of fused-ring (bicyclic) bond motifs is 2. The molecule has 39 heavy (non-hydrogen) atoms. The molecule has 0 aliphatic heterocycles. The minimum atomic E-state index is -4.43. The number of azo groups is 1. The minimum Gasteiger partial charge on any atom is -0.301 e. The third-order valence-electron chi connectivity index (χ3n) is 6.11. The van der Waals surface area contributed by atoms with E-state index in [0.29, 0.717) is 39.1 Å². The van der Waals surface area contributed by atoms with Gasteiger partial charge in [0.2, 0.25) is 0 Å². The van der Waals surface area contributed by atoms with E-state index in [-0.39, 0.29) is 9.79 Å². The molecule has 0 aliphatic rings. The summed E-state index contributed by atoms with van der Waals surface area (Å²) < 4.78 is 65.7. The van der Waals surface area contributed by atoms with E-state index in [1.165, 1.54) is 24.3 Å². The second kappa shape index (κ2) is 10.1. The van der Waals surface area contributed by atoms with Gasteiger partial charge in [-0.3, -0.25) is 9.11 Å². The number of rotatable bonds is 7. The van der Waals surface area contributed by atoms with Crippen LogP contribution >= 0.6 is 0 Å². The summed E-state index contributed by atoms with van der Waals surface area (Å²) in [5.41, 5.74) is 8.77. The lowest BCUT2D eigenvalue weighted by molar-refractivity contribution is 0.481. The van der Waals surface area contributed by atoms with Crippen molar-refractivity contribution in [3.8, 4) is 0 Å². The van der Waals surface area contributed by atoms with Gasteiger partial charge >= 0.3 is 0 Å². The first-order chi connectivity index (χ1) is 18.5. The van der Waals surface area contributed by atoms with Crippen molar-refractivity contribution < 1.29 is 25.9 Å². The Balaban J connectivity index is 1.50. The third kappa shape index (κ3) is 5.45. The number of benzene rings is 5. The van der Waals surface area contributed by atoms with Gasteiger partial charge in [0.1, 0.15) is 4.90 Å². The molecule has 0 spiro atoms. The first kappa shape index (κ1) is 26.3. The first-order valence-electron chi connectivity index (χ1n) is 11.6.